The Morgan fingerprint density at radius 2 is 1.92 bits per heavy atom. The van der Waals surface area contributed by atoms with Crippen molar-refractivity contribution in [2.45, 2.75) is 17.7 Å². The number of nitrogens with one attached hydrogen (secondary N) is 1. The molecule has 1 aromatic carbocycles. The Morgan fingerprint density at radius 3 is 2.46 bits per heavy atom. The largest absolute Gasteiger partial charge is 0.320 e. The van der Waals surface area contributed by atoms with E-state index in [1.807, 2.05) is 7.05 Å². The molecule has 0 saturated heterocycles. The van der Waals surface area contributed by atoms with Gasteiger partial charge in [0.2, 0.25) is 0 Å². The van der Waals surface area contributed by atoms with Crippen LogP contribution in [0.2, 0.25) is 0 Å². The predicted octanol–water partition coefficient (Wildman–Crippen LogP) is 2.56. The first kappa shape index (κ1) is 10.6. The Kier molecular flexibility index (Phi) is 4.94. The maximum atomic E-state index is 3.16. The average Bonchev–Trinajstić information content (AvgIpc) is 2.19. The minimum absolute atomic E-state index is 1.10. The van der Waals surface area contributed by atoms with Crippen molar-refractivity contribution in [3.8, 4) is 0 Å². The highest BCUT2D eigenvalue weighted by Gasteiger charge is 1.93. The molecule has 0 aliphatic carbocycles. The van der Waals surface area contributed by atoms with Gasteiger partial charge in [0.25, 0.3) is 0 Å². The molecule has 0 aliphatic rings. The molecule has 0 bridgehead atoms. The molecule has 2 heteroatoms. The summed E-state index contributed by atoms with van der Waals surface area (Å²) in [5, 5.41) is 3.16. The lowest BCUT2D eigenvalue weighted by Gasteiger charge is -2.02. The fourth-order valence-electron chi connectivity index (χ4n) is 1.26. The van der Waals surface area contributed by atoms with Gasteiger partial charge in [-0.3, -0.25) is 0 Å². The van der Waals surface area contributed by atoms with Crippen LogP contribution in [0.1, 0.15) is 12.0 Å². The number of rotatable bonds is 5. The molecular formula is C11H17NS. The van der Waals surface area contributed by atoms with E-state index in [2.05, 4.69) is 35.8 Å². The van der Waals surface area contributed by atoms with Crippen molar-refractivity contribution in [2.75, 3.05) is 19.8 Å². The standard InChI is InChI=1S/C11H17NS/c1-12-9-3-4-10-5-7-11(13-2)8-6-10/h5-8,12H,3-4,9H2,1-2H3. The van der Waals surface area contributed by atoms with Gasteiger partial charge < -0.3 is 5.32 Å². The van der Waals surface area contributed by atoms with Gasteiger partial charge in [0, 0.05) is 4.90 Å². The number of benzene rings is 1. The van der Waals surface area contributed by atoms with E-state index in [1.165, 1.54) is 23.3 Å². The molecule has 0 amide bonds. The number of thioether (sulfide) groups is 1. The second-order valence-electron chi connectivity index (χ2n) is 3.06. The fourth-order valence-corrected chi connectivity index (χ4v) is 1.67. The molecule has 0 saturated carbocycles. The van der Waals surface area contributed by atoms with E-state index >= 15 is 0 Å². The van der Waals surface area contributed by atoms with Crippen LogP contribution in [0.15, 0.2) is 29.2 Å². The quantitative estimate of drug-likeness (QED) is 0.572. The topological polar surface area (TPSA) is 12.0 Å². The Hall–Kier alpha value is -0.470. The molecule has 1 nitrogen and oxygen atoms in total. The maximum Gasteiger partial charge on any atom is 0.00693 e. The third-order valence-corrected chi connectivity index (χ3v) is 2.79. The third kappa shape index (κ3) is 3.83. The lowest BCUT2D eigenvalue weighted by molar-refractivity contribution is 0.724. The molecule has 72 valence electrons. The highest BCUT2D eigenvalue weighted by Crippen LogP contribution is 2.15. The summed E-state index contributed by atoms with van der Waals surface area (Å²) in [6.07, 6.45) is 4.50. The summed E-state index contributed by atoms with van der Waals surface area (Å²) in [4.78, 5) is 1.34. The molecule has 0 spiro atoms. The first-order valence-corrected chi connectivity index (χ1v) is 5.87. The van der Waals surface area contributed by atoms with Crippen molar-refractivity contribution in [1.82, 2.24) is 5.32 Å². The zero-order valence-electron chi connectivity index (χ0n) is 8.34. The van der Waals surface area contributed by atoms with E-state index in [4.69, 9.17) is 0 Å². The van der Waals surface area contributed by atoms with Crippen LogP contribution in [0.25, 0.3) is 0 Å². The lowest BCUT2D eigenvalue weighted by atomic mass is 10.1. The van der Waals surface area contributed by atoms with Crippen molar-refractivity contribution >= 4 is 11.8 Å². The minimum atomic E-state index is 1.10. The third-order valence-electron chi connectivity index (χ3n) is 2.05. The minimum Gasteiger partial charge on any atom is -0.320 e. The van der Waals surface area contributed by atoms with Crippen molar-refractivity contribution < 1.29 is 0 Å². The molecule has 0 aliphatic heterocycles. The van der Waals surface area contributed by atoms with E-state index in [0.717, 1.165) is 6.54 Å². The number of hydrogen-bond acceptors (Lipinski definition) is 2. The molecule has 1 rings (SSSR count). The van der Waals surface area contributed by atoms with Crippen LogP contribution in [0.3, 0.4) is 0 Å². The molecular weight excluding hydrogens is 178 g/mol. The van der Waals surface area contributed by atoms with Gasteiger partial charge in [-0.2, -0.15) is 0 Å². The lowest BCUT2D eigenvalue weighted by Crippen LogP contribution is -2.08. The summed E-state index contributed by atoms with van der Waals surface area (Å²) >= 11 is 1.79. The first-order valence-electron chi connectivity index (χ1n) is 4.64. The average molecular weight is 195 g/mol. The van der Waals surface area contributed by atoms with Crippen LogP contribution in [0.4, 0.5) is 0 Å². The molecule has 0 atom stereocenters. The fraction of sp³-hybridized carbons (Fsp3) is 0.455. The van der Waals surface area contributed by atoms with Gasteiger partial charge in [-0.25, -0.2) is 0 Å². The van der Waals surface area contributed by atoms with Crippen LogP contribution < -0.4 is 5.32 Å². The highest BCUT2D eigenvalue weighted by molar-refractivity contribution is 7.98. The van der Waals surface area contributed by atoms with Crippen LogP contribution in [-0.2, 0) is 6.42 Å². The van der Waals surface area contributed by atoms with Crippen molar-refractivity contribution in [3.63, 3.8) is 0 Å². The van der Waals surface area contributed by atoms with Gasteiger partial charge in [-0.1, -0.05) is 12.1 Å². The van der Waals surface area contributed by atoms with E-state index in [9.17, 15) is 0 Å². The predicted molar refractivity (Wildman–Crippen MR) is 60.5 cm³/mol. The maximum absolute atomic E-state index is 3.16. The Morgan fingerprint density at radius 1 is 1.23 bits per heavy atom. The van der Waals surface area contributed by atoms with Gasteiger partial charge in [0.05, 0.1) is 0 Å². The summed E-state index contributed by atoms with van der Waals surface area (Å²) in [6.45, 7) is 1.10. The number of hydrogen-bond donors (Lipinski definition) is 1. The second kappa shape index (κ2) is 6.06. The molecule has 1 aromatic rings. The first-order chi connectivity index (χ1) is 6.36. The zero-order valence-corrected chi connectivity index (χ0v) is 9.16. The molecule has 13 heavy (non-hydrogen) atoms. The molecule has 0 radical (unpaired) electrons. The van der Waals surface area contributed by atoms with Crippen molar-refractivity contribution in [1.29, 1.82) is 0 Å². The van der Waals surface area contributed by atoms with Crippen molar-refractivity contribution in [2.24, 2.45) is 0 Å². The van der Waals surface area contributed by atoms with E-state index in [-0.39, 0.29) is 0 Å². The van der Waals surface area contributed by atoms with E-state index in [1.54, 1.807) is 11.8 Å². The van der Waals surface area contributed by atoms with E-state index < -0.39 is 0 Å². The van der Waals surface area contributed by atoms with Gasteiger partial charge in [-0.05, 0) is 50.4 Å². The summed E-state index contributed by atoms with van der Waals surface area (Å²) in [7, 11) is 2.00. The molecule has 0 unspecified atom stereocenters. The SMILES string of the molecule is CNCCCc1ccc(SC)cc1. The normalized spacial score (nSPS) is 10.3. The molecule has 0 heterocycles. The monoisotopic (exact) mass is 195 g/mol. The molecule has 0 aromatic heterocycles. The van der Waals surface area contributed by atoms with Crippen molar-refractivity contribution in [3.05, 3.63) is 29.8 Å². The Balaban J connectivity index is 2.40. The van der Waals surface area contributed by atoms with Crippen LogP contribution >= 0.6 is 11.8 Å². The van der Waals surface area contributed by atoms with Crippen LogP contribution in [-0.4, -0.2) is 19.8 Å². The Labute approximate surface area is 84.9 Å². The smallest absolute Gasteiger partial charge is 0.00693 e. The summed E-state index contributed by atoms with van der Waals surface area (Å²) in [5.74, 6) is 0. The second-order valence-corrected chi connectivity index (χ2v) is 3.93. The number of aryl methyl sites for hydroxylation is 1. The Bertz CT molecular complexity index is 230. The molecule has 0 fully saturated rings. The summed E-state index contributed by atoms with van der Waals surface area (Å²) in [6, 6.07) is 8.84. The van der Waals surface area contributed by atoms with Gasteiger partial charge >= 0.3 is 0 Å². The van der Waals surface area contributed by atoms with Gasteiger partial charge in [0.1, 0.15) is 0 Å². The van der Waals surface area contributed by atoms with Crippen LogP contribution in [0, 0.1) is 0 Å². The summed E-state index contributed by atoms with van der Waals surface area (Å²) in [5.41, 5.74) is 1.44. The van der Waals surface area contributed by atoms with Crippen LogP contribution in [0.5, 0.6) is 0 Å². The van der Waals surface area contributed by atoms with Gasteiger partial charge in [-0.15, -0.1) is 11.8 Å². The molecule has 1 N–H and O–H groups in total. The summed E-state index contributed by atoms with van der Waals surface area (Å²) < 4.78 is 0. The van der Waals surface area contributed by atoms with E-state index in [0.29, 0.717) is 0 Å². The van der Waals surface area contributed by atoms with Gasteiger partial charge in [0.15, 0.2) is 0 Å². The zero-order chi connectivity index (χ0) is 9.52. The highest BCUT2D eigenvalue weighted by atomic mass is 32.2.